The Balaban J connectivity index is 1.23. The first-order valence-corrected chi connectivity index (χ1v) is 14.4. The Morgan fingerprint density at radius 1 is 1.02 bits per heavy atom. The number of aromatic nitrogens is 4. The molecule has 43 heavy (non-hydrogen) atoms. The number of carbonyl (C=O) groups is 2. The van der Waals surface area contributed by atoms with E-state index in [2.05, 4.69) is 25.7 Å². The summed E-state index contributed by atoms with van der Waals surface area (Å²) in [6.45, 7) is 4.46. The van der Waals surface area contributed by atoms with Crippen LogP contribution in [0, 0.1) is 0 Å². The van der Waals surface area contributed by atoms with Crippen molar-refractivity contribution in [3.8, 4) is 11.5 Å². The van der Waals surface area contributed by atoms with Crippen LogP contribution >= 0.6 is 0 Å². The molecule has 3 fully saturated rings. The Bertz CT molecular complexity index is 1670. The Morgan fingerprint density at radius 2 is 1.79 bits per heavy atom. The third kappa shape index (κ3) is 5.02. The summed E-state index contributed by atoms with van der Waals surface area (Å²) in [5, 5.41) is 21.2. The third-order valence-electron chi connectivity index (χ3n) is 8.75. The van der Waals surface area contributed by atoms with E-state index in [1.54, 1.807) is 31.3 Å². The standard InChI is InChI=1S/C31H31N7O5/c1-18-25(40)22-15-20(7-8-21(22)28(41)42-18)33-30-32-16-23(26(35-30)34-24(17-39)19-5-3-2-4-6-19)27-36-29(37-43-27)31-9-12-38(13-10-31)14-11-31/h2-8,15-16,18,24,39H,9-14,17H2,1H3,(H2,32,33,34,35)/t18?,24-/m1/s1. The van der Waals surface area contributed by atoms with Crippen LogP contribution in [0.15, 0.2) is 59.3 Å². The molecule has 12 nitrogen and oxygen atoms in total. The van der Waals surface area contributed by atoms with Gasteiger partial charge in [0.2, 0.25) is 11.7 Å². The van der Waals surface area contributed by atoms with Crippen LogP contribution in [0.3, 0.4) is 0 Å². The van der Waals surface area contributed by atoms with Gasteiger partial charge in [0.15, 0.2) is 11.9 Å². The summed E-state index contributed by atoms with van der Waals surface area (Å²) in [6.07, 6.45) is 3.73. The molecule has 4 aliphatic rings. The van der Waals surface area contributed by atoms with Crippen LogP contribution in [0.25, 0.3) is 11.5 Å². The zero-order chi connectivity index (χ0) is 29.6. The van der Waals surface area contributed by atoms with Crippen LogP contribution in [-0.4, -0.2) is 74.2 Å². The van der Waals surface area contributed by atoms with E-state index in [9.17, 15) is 14.7 Å². The average Bonchev–Trinajstić information content (AvgIpc) is 3.55. The number of fused-ring (bicyclic) bond motifs is 4. The van der Waals surface area contributed by atoms with Gasteiger partial charge in [0.1, 0.15) is 11.4 Å². The average molecular weight is 582 g/mol. The lowest BCUT2D eigenvalue weighted by Gasteiger charge is -2.46. The summed E-state index contributed by atoms with van der Waals surface area (Å²) in [6, 6.07) is 13.9. The quantitative estimate of drug-likeness (QED) is 0.258. The number of hydrogen-bond acceptors (Lipinski definition) is 12. The lowest BCUT2D eigenvalue weighted by atomic mass is 9.71. The van der Waals surface area contributed by atoms with Gasteiger partial charge in [0, 0.05) is 22.9 Å². The maximum absolute atomic E-state index is 12.7. The highest BCUT2D eigenvalue weighted by atomic mass is 16.5. The first-order valence-electron chi connectivity index (χ1n) is 14.4. The Kier molecular flexibility index (Phi) is 6.86. The number of aliphatic hydroxyl groups excluding tert-OH is 1. The van der Waals surface area contributed by atoms with Gasteiger partial charge < -0.3 is 29.9 Å². The predicted octanol–water partition coefficient (Wildman–Crippen LogP) is 3.89. The first-order chi connectivity index (χ1) is 20.9. The second-order valence-electron chi connectivity index (χ2n) is 11.3. The zero-order valence-electron chi connectivity index (χ0n) is 23.6. The number of anilines is 3. The van der Waals surface area contributed by atoms with Crippen LogP contribution in [0.5, 0.6) is 0 Å². The number of aliphatic hydroxyl groups is 1. The molecule has 4 aliphatic heterocycles. The monoisotopic (exact) mass is 581 g/mol. The number of carbonyl (C=O) groups excluding carboxylic acids is 2. The number of nitrogens with one attached hydrogen (secondary N) is 2. The second kappa shape index (κ2) is 10.9. The van der Waals surface area contributed by atoms with Crippen molar-refractivity contribution in [2.75, 3.05) is 36.9 Å². The van der Waals surface area contributed by atoms with Gasteiger partial charge in [-0.1, -0.05) is 35.5 Å². The number of esters is 1. The molecule has 0 aliphatic carbocycles. The number of Topliss-reactive ketones (excluding diaryl/α,β-unsaturated/α-hetero) is 1. The highest BCUT2D eigenvalue weighted by Crippen LogP contribution is 2.42. The number of rotatable bonds is 8. The molecule has 0 saturated carbocycles. The molecule has 2 bridgehead atoms. The SMILES string of the molecule is CC1OC(=O)c2ccc(Nc3ncc(-c4nc(C56CCN(CC5)CC6)no4)c(N[C@H](CO)c4ccccc4)n3)cc2C1=O. The smallest absolute Gasteiger partial charge is 0.339 e. The van der Waals surface area contributed by atoms with Crippen LogP contribution in [0.4, 0.5) is 17.5 Å². The molecule has 1 unspecified atom stereocenters. The molecular weight excluding hydrogens is 550 g/mol. The van der Waals surface area contributed by atoms with Crippen molar-refractivity contribution in [2.24, 2.45) is 0 Å². The molecule has 0 spiro atoms. The summed E-state index contributed by atoms with van der Waals surface area (Å²) in [5.74, 6) is 0.812. The molecule has 0 radical (unpaired) electrons. The lowest BCUT2D eigenvalue weighted by molar-refractivity contribution is 0.0282. The van der Waals surface area contributed by atoms with E-state index < -0.39 is 18.1 Å². The first kappa shape index (κ1) is 27.2. The highest BCUT2D eigenvalue weighted by Gasteiger charge is 2.44. The number of nitrogens with zero attached hydrogens (tertiary/aromatic N) is 5. The minimum absolute atomic E-state index is 0.0854. The molecule has 220 valence electrons. The number of hydrogen-bond donors (Lipinski definition) is 3. The fraction of sp³-hybridized carbons (Fsp3) is 0.355. The van der Waals surface area contributed by atoms with Crippen molar-refractivity contribution in [3.63, 3.8) is 0 Å². The van der Waals surface area contributed by atoms with Crippen LogP contribution in [0.1, 0.15) is 64.3 Å². The summed E-state index contributed by atoms with van der Waals surface area (Å²) >= 11 is 0. The maximum atomic E-state index is 12.7. The second-order valence-corrected chi connectivity index (χ2v) is 11.3. The molecule has 0 amide bonds. The van der Waals surface area contributed by atoms with Gasteiger partial charge in [-0.05, 0) is 69.6 Å². The van der Waals surface area contributed by atoms with Crippen molar-refractivity contribution in [2.45, 2.75) is 43.7 Å². The summed E-state index contributed by atoms with van der Waals surface area (Å²) in [7, 11) is 0. The van der Waals surface area contributed by atoms with Gasteiger partial charge in [-0.3, -0.25) is 4.79 Å². The molecule has 6 heterocycles. The molecule has 4 aromatic rings. The largest absolute Gasteiger partial charge is 0.451 e. The maximum Gasteiger partial charge on any atom is 0.339 e. The molecule has 3 N–H and O–H groups in total. The van der Waals surface area contributed by atoms with Crippen molar-refractivity contribution < 1.29 is 24.0 Å². The zero-order valence-corrected chi connectivity index (χ0v) is 23.6. The van der Waals surface area contributed by atoms with E-state index in [1.165, 1.54) is 0 Å². The van der Waals surface area contributed by atoms with Crippen LogP contribution < -0.4 is 10.6 Å². The minimum Gasteiger partial charge on any atom is -0.451 e. The highest BCUT2D eigenvalue weighted by molar-refractivity contribution is 6.12. The van der Waals surface area contributed by atoms with E-state index in [0.29, 0.717) is 28.8 Å². The fourth-order valence-corrected chi connectivity index (χ4v) is 6.13. The summed E-state index contributed by atoms with van der Waals surface area (Å²) in [4.78, 5) is 41.5. The molecule has 2 aromatic heterocycles. The van der Waals surface area contributed by atoms with Crippen molar-refractivity contribution in [3.05, 3.63) is 77.2 Å². The number of ketones is 1. The van der Waals surface area contributed by atoms with E-state index in [4.69, 9.17) is 19.2 Å². The summed E-state index contributed by atoms with van der Waals surface area (Å²) in [5.41, 5.74) is 2.31. The number of cyclic esters (lactones) is 1. The molecule has 12 heteroatoms. The Labute approximate surface area is 247 Å². The van der Waals surface area contributed by atoms with E-state index >= 15 is 0 Å². The molecule has 8 rings (SSSR count). The van der Waals surface area contributed by atoms with Crippen LogP contribution in [-0.2, 0) is 10.2 Å². The molecular formula is C31H31N7O5. The number of piperidine rings is 3. The molecule has 2 aromatic carbocycles. The minimum atomic E-state index is -0.852. The number of ether oxygens (including phenoxy) is 1. The molecule has 3 saturated heterocycles. The van der Waals surface area contributed by atoms with Crippen molar-refractivity contribution in [1.82, 2.24) is 25.0 Å². The van der Waals surface area contributed by atoms with Gasteiger partial charge in [0.05, 0.1) is 18.2 Å². The van der Waals surface area contributed by atoms with Gasteiger partial charge >= 0.3 is 5.97 Å². The summed E-state index contributed by atoms with van der Waals surface area (Å²) < 4.78 is 10.9. The van der Waals surface area contributed by atoms with Gasteiger partial charge in [-0.15, -0.1) is 0 Å². The normalized spacial score (nSPS) is 23.4. The van der Waals surface area contributed by atoms with Crippen molar-refractivity contribution in [1.29, 1.82) is 0 Å². The van der Waals surface area contributed by atoms with Gasteiger partial charge in [-0.2, -0.15) is 9.97 Å². The van der Waals surface area contributed by atoms with Crippen molar-refractivity contribution >= 4 is 29.2 Å². The topological polar surface area (TPSA) is 156 Å². The Morgan fingerprint density at radius 3 is 2.53 bits per heavy atom. The fourth-order valence-electron chi connectivity index (χ4n) is 6.13. The third-order valence-corrected chi connectivity index (χ3v) is 8.75. The van der Waals surface area contributed by atoms with E-state index in [0.717, 1.165) is 44.5 Å². The molecule has 2 atom stereocenters. The lowest BCUT2D eigenvalue weighted by Crippen LogP contribution is -2.51. The van der Waals surface area contributed by atoms with Gasteiger partial charge in [0.25, 0.3) is 5.89 Å². The van der Waals surface area contributed by atoms with Gasteiger partial charge in [-0.25, -0.2) is 9.78 Å². The van der Waals surface area contributed by atoms with E-state index in [1.807, 2.05) is 30.3 Å². The van der Waals surface area contributed by atoms with Crippen LogP contribution in [0.2, 0.25) is 0 Å². The predicted molar refractivity (Wildman–Crippen MR) is 156 cm³/mol. The number of benzene rings is 2. The van der Waals surface area contributed by atoms with E-state index in [-0.39, 0.29) is 34.9 Å². The Hall–Kier alpha value is -4.68.